The zero-order chi connectivity index (χ0) is 9.90. The fourth-order valence-corrected chi connectivity index (χ4v) is 1.42. The summed E-state index contributed by atoms with van der Waals surface area (Å²) in [6.45, 7) is 8.82. The molecule has 3 nitrogen and oxygen atoms in total. The number of rotatable bonds is 4. The van der Waals surface area contributed by atoms with E-state index < -0.39 is 5.60 Å². The number of hydrogen-bond acceptors (Lipinski definition) is 3. The van der Waals surface area contributed by atoms with Gasteiger partial charge in [0, 0.05) is 25.6 Å². The monoisotopic (exact) mass is 185 g/mol. The first-order valence-corrected chi connectivity index (χ1v) is 4.78. The predicted octanol–water partition coefficient (Wildman–Crippen LogP) is 0.690. The Morgan fingerprint density at radius 1 is 1.85 bits per heavy atom. The van der Waals surface area contributed by atoms with E-state index in [1.807, 2.05) is 19.9 Å². The molecule has 3 heteroatoms. The molecule has 1 rings (SSSR count). The lowest BCUT2D eigenvalue weighted by Crippen LogP contribution is -2.47. The molecule has 13 heavy (non-hydrogen) atoms. The molecule has 0 aromatic rings. The Bertz CT molecular complexity index is 184. The van der Waals surface area contributed by atoms with Gasteiger partial charge in [0.15, 0.2) is 0 Å². The van der Waals surface area contributed by atoms with Crippen LogP contribution in [0.1, 0.15) is 20.3 Å². The van der Waals surface area contributed by atoms with Gasteiger partial charge in [-0.2, -0.15) is 0 Å². The minimum atomic E-state index is -0.697. The molecule has 0 aromatic carbocycles. The minimum Gasteiger partial charge on any atom is -0.386 e. The van der Waals surface area contributed by atoms with Crippen molar-refractivity contribution in [2.45, 2.75) is 38.0 Å². The Labute approximate surface area is 79.8 Å². The first-order valence-electron chi connectivity index (χ1n) is 4.78. The van der Waals surface area contributed by atoms with E-state index in [0.717, 1.165) is 0 Å². The molecular formula is C10H19NO2. The van der Waals surface area contributed by atoms with E-state index in [4.69, 9.17) is 4.74 Å². The van der Waals surface area contributed by atoms with Crippen LogP contribution in [-0.4, -0.2) is 36.0 Å². The highest BCUT2D eigenvalue weighted by Gasteiger charge is 2.39. The van der Waals surface area contributed by atoms with Crippen LogP contribution in [0.5, 0.6) is 0 Å². The maximum absolute atomic E-state index is 10.1. The van der Waals surface area contributed by atoms with Gasteiger partial charge >= 0.3 is 0 Å². The van der Waals surface area contributed by atoms with Crippen molar-refractivity contribution in [2.75, 3.05) is 13.2 Å². The molecule has 0 aromatic heterocycles. The second kappa shape index (κ2) is 4.22. The van der Waals surface area contributed by atoms with E-state index in [-0.39, 0.29) is 12.1 Å². The van der Waals surface area contributed by atoms with E-state index in [9.17, 15) is 5.11 Å². The fourth-order valence-electron chi connectivity index (χ4n) is 1.42. The summed E-state index contributed by atoms with van der Waals surface area (Å²) in [4.78, 5) is 0. The Balaban J connectivity index is 2.38. The van der Waals surface area contributed by atoms with E-state index in [0.29, 0.717) is 19.6 Å². The van der Waals surface area contributed by atoms with Crippen LogP contribution in [0.25, 0.3) is 0 Å². The van der Waals surface area contributed by atoms with Crippen molar-refractivity contribution in [3.63, 3.8) is 0 Å². The van der Waals surface area contributed by atoms with Gasteiger partial charge in [-0.25, -0.2) is 0 Å². The molecule has 2 N–H and O–H groups in total. The van der Waals surface area contributed by atoms with Gasteiger partial charge in [-0.15, -0.1) is 6.58 Å². The van der Waals surface area contributed by atoms with Crippen molar-refractivity contribution < 1.29 is 9.84 Å². The molecule has 0 bridgehead atoms. The fraction of sp³-hybridized carbons (Fsp3) is 0.800. The second-order valence-corrected chi connectivity index (χ2v) is 3.77. The predicted molar refractivity (Wildman–Crippen MR) is 52.6 cm³/mol. The average molecular weight is 185 g/mol. The van der Waals surface area contributed by atoms with Crippen molar-refractivity contribution in [2.24, 2.45) is 0 Å². The maximum Gasteiger partial charge on any atom is 0.105 e. The normalized spacial score (nSPS) is 36.1. The molecule has 1 fully saturated rings. The van der Waals surface area contributed by atoms with Gasteiger partial charge in [0.05, 0.1) is 6.10 Å². The lowest BCUT2D eigenvalue weighted by atomic mass is 9.96. The van der Waals surface area contributed by atoms with Crippen molar-refractivity contribution in [3.8, 4) is 0 Å². The van der Waals surface area contributed by atoms with Crippen LogP contribution in [0.2, 0.25) is 0 Å². The Hall–Kier alpha value is -0.380. The molecule has 0 spiro atoms. The summed E-state index contributed by atoms with van der Waals surface area (Å²) < 4.78 is 5.32. The topological polar surface area (TPSA) is 41.5 Å². The molecular weight excluding hydrogens is 166 g/mol. The van der Waals surface area contributed by atoms with Gasteiger partial charge in [-0.3, -0.25) is 0 Å². The van der Waals surface area contributed by atoms with Crippen LogP contribution in [0.4, 0.5) is 0 Å². The summed E-state index contributed by atoms with van der Waals surface area (Å²) in [6, 6.07) is 0.233. The summed E-state index contributed by atoms with van der Waals surface area (Å²) in [7, 11) is 0. The van der Waals surface area contributed by atoms with Crippen LogP contribution in [-0.2, 0) is 4.74 Å². The molecule has 76 valence electrons. The number of nitrogens with one attached hydrogen (secondary N) is 1. The largest absolute Gasteiger partial charge is 0.386 e. The summed E-state index contributed by atoms with van der Waals surface area (Å²) in [5.74, 6) is 0. The highest BCUT2D eigenvalue weighted by molar-refractivity contribution is 4.93. The van der Waals surface area contributed by atoms with Crippen LogP contribution < -0.4 is 5.32 Å². The molecule has 0 radical (unpaired) electrons. The number of ether oxygens (including phenoxy) is 1. The number of aliphatic hydroxyl groups is 1. The quantitative estimate of drug-likeness (QED) is 0.633. The highest BCUT2D eigenvalue weighted by Crippen LogP contribution is 2.24. The third-order valence-electron chi connectivity index (χ3n) is 2.74. The van der Waals surface area contributed by atoms with E-state index in [2.05, 4.69) is 11.9 Å². The molecule has 0 amide bonds. The Morgan fingerprint density at radius 2 is 2.54 bits per heavy atom. The second-order valence-electron chi connectivity index (χ2n) is 3.77. The third-order valence-corrected chi connectivity index (χ3v) is 2.74. The average Bonchev–Trinajstić information content (AvgIpc) is 2.44. The molecule has 1 aliphatic heterocycles. The zero-order valence-corrected chi connectivity index (χ0v) is 8.42. The van der Waals surface area contributed by atoms with Crippen molar-refractivity contribution in [3.05, 3.63) is 12.7 Å². The molecule has 3 atom stereocenters. The van der Waals surface area contributed by atoms with Gasteiger partial charge < -0.3 is 15.2 Å². The molecule has 1 aliphatic rings. The van der Waals surface area contributed by atoms with Gasteiger partial charge in [0.25, 0.3) is 0 Å². The van der Waals surface area contributed by atoms with Gasteiger partial charge in [-0.1, -0.05) is 6.08 Å². The zero-order valence-electron chi connectivity index (χ0n) is 8.42. The molecule has 1 heterocycles. The Kier molecular flexibility index (Phi) is 3.47. The molecule has 3 unspecified atom stereocenters. The van der Waals surface area contributed by atoms with Crippen LogP contribution in [0.3, 0.4) is 0 Å². The van der Waals surface area contributed by atoms with Gasteiger partial charge in [0.1, 0.15) is 5.60 Å². The van der Waals surface area contributed by atoms with Crippen molar-refractivity contribution >= 4 is 0 Å². The van der Waals surface area contributed by atoms with E-state index >= 15 is 0 Å². The smallest absolute Gasteiger partial charge is 0.105 e. The van der Waals surface area contributed by atoms with Gasteiger partial charge in [-0.05, 0) is 13.8 Å². The SMILES string of the molecule is C=CC(C)NCC1(O)CCOC1C. The van der Waals surface area contributed by atoms with Gasteiger partial charge in [0.2, 0.25) is 0 Å². The van der Waals surface area contributed by atoms with Crippen LogP contribution in [0, 0.1) is 0 Å². The first-order chi connectivity index (χ1) is 6.08. The first kappa shape index (κ1) is 10.7. The summed E-state index contributed by atoms with van der Waals surface area (Å²) in [5, 5.41) is 13.3. The van der Waals surface area contributed by atoms with Crippen molar-refractivity contribution in [1.29, 1.82) is 0 Å². The summed E-state index contributed by atoms with van der Waals surface area (Å²) in [5.41, 5.74) is -0.697. The lowest BCUT2D eigenvalue weighted by molar-refractivity contribution is -0.0267. The Morgan fingerprint density at radius 3 is 3.00 bits per heavy atom. The molecule has 1 saturated heterocycles. The summed E-state index contributed by atoms with van der Waals surface area (Å²) in [6.07, 6.45) is 2.46. The highest BCUT2D eigenvalue weighted by atomic mass is 16.5. The lowest BCUT2D eigenvalue weighted by Gasteiger charge is -2.27. The van der Waals surface area contributed by atoms with Crippen LogP contribution >= 0.6 is 0 Å². The third kappa shape index (κ3) is 2.53. The summed E-state index contributed by atoms with van der Waals surface area (Å²) >= 11 is 0. The number of hydrogen-bond donors (Lipinski definition) is 2. The van der Waals surface area contributed by atoms with Crippen molar-refractivity contribution in [1.82, 2.24) is 5.32 Å². The van der Waals surface area contributed by atoms with E-state index in [1.54, 1.807) is 0 Å². The van der Waals surface area contributed by atoms with E-state index in [1.165, 1.54) is 0 Å². The van der Waals surface area contributed by atoms with Crippen LogP contribution in [0.15, 0.2) is 12.7 Å². The minimum absolute atomic E-state index is 0.0722. The molecule has 0 saturated carbocycles. The maximum atomic E-state index is 10.1. The standard InChI is InChI=1S/C10H19NO2/c1-4-8(2)11-7-10(12)5-6-13-9(10)3/h4,8-9,11-12H,1,5-7H2,2-3H3. The molecule has 0 aliphatic carbocycles.